The third-order valence-corrected chi connectivity index (χ3v) is 3.78. The molecule has 3 heteroatoms. The highest BCUT2D eigenvalue weighted by Crippen LogP contribution is 2.32. The minimum atomic E-state index is -0.198. The largest absolute Gasteiger partial charge is 0.496 e. The maximum absolute atomic E-state index is 12.9. The number of halogens is 1. The van der Waals surface area contributed by atoms with E-state index in [4.69, 9.17) is 9.47 Å². The average Bonchev–Trinajstić information content (AvgIpc) is 2.55. The molecule has 2 rings (SSSR count). The molecular formula is C19H23FO2. The van der Waals surface area contributed by atoms with Gasteiger partial charge in [0.15, 0.2) is 0 Å². The Bertz CT molecular complexity index is 580. The summed E-state index contributed by atoms with van der Waals surface area (Å²) in [6, 6.07) is 10.8. The van der Waals surface area contributed by atoms with E-state index in [0.717, 1.165) is 53.9 Å². The minimum absolute atomic E-state index is 0.198. The van der Waals surface area contributed by atoms with Gasteiger partial charge in [0.2, 0.25) is 0 Å². The van der Waals surface area contributed by atoms with E-state index >= 15 is 0 Å². The molecule has 0 saturated heterocycles. The van der Waals surface area contributed by atoms with E-state index in [0.29, 0.717) is 0 Å². The number of benzene rings is 2. The summed E-state index contributed by atoms with van der Waals surface area (Å²) in [6.07, 6.45) is 3.71. The van der Waals surface area contributed by atoms with Gasteiger partial charge in [-0.1, -0.05) is 25.5 Å². The highest BCUT2D eigenvalue weighted by atomic mass is 19.1. The number of hydrogen-bond donors (Lipinski definition) is 0. The summed E-state index contributed by atoms with van der Waals surface area (Å²) in [6.45, 7) is 2.14. The Kier molecular flexibility index (Phi) is 5.82. The third-order valence-electron chi connectivity index (χ3n) is 3.78. The van der Waals surface area contributed by atoms with Crippen molar-refractivity contribution >= 4 is 0 Å². The smallest absolute Gasteiger partial charge is 0.126 e. The van der Waals surface area contributed by atoms with Crippen molar-refractivity contribution in [1.82, 2.24) is 0 Å². The second-order valence-electron chi connectivity index (χ2n) is 5.36. The van der Waals surface area contributed by atoms with Crippen LogP contribution < -0.4 is 9.47 Å². The van der Waals surface area contributed by atoms with E-state index < -0.39 is 0 Å². The van der Waals surface area contributed by atoms with Crippen molar-refractivity contribution in [2.45, 2.75) is 32.6 Å². The van der Waals surface area contributed by atoms with Gasteiger partial charge in [-0.05, 0) is 54.7 Å². The molecule has 0 heterocycles. The molecule has 0 N–H and O–H groups in total. The molecule has 118 valence electrons. The number of rotatable bonds is 7. The quantitative estimate of drug-likeness (QED) is 0.745. The van der Waals surface area contributed by atoms with E-state index in [9.17, 15) is 4.39 Å². The molecule has 0 amide bonds. The van der Waals surface area contributed by atoms with Crippen LogP contribution in [0, 0.1) is 5.82 Å². The predicted molar refractivity (Wildman–Crippen MR) is 87.3 cm³/mol. The average molecular weight is 302 g/mol. The molecule has 0 saturated carbocycles. The van der Waals surface area contributed by atoms with Crippen molar-refractivity contribution in [3.05, 3.63) is 58.9 Å². The summed E-state index contributed by atoms with van der Waals surface area (Å²) in [4.78, 5) is 0. The molecular weight excluding hydrogens is 279 g/mol. The minimum Gasteiger partial charge on any atom is -0.496 e. The molecule has 2 nitrogen and oxygen atoms in total. The normalized spacial score (nSPS) is 10.5. The van der Waals surface area contributed by atoms with Crippen molar-refractivity contribution < 1.29 is 13.9 Å². The van der Waals surface area contributed by atoms with Gasteiger partial charge in [0.05, 0.1) is 14.2 Å². The van der Waals surface area contributed by atoms with E-state index in [1.165, 1.54) is 12.1 Å². The first-order chi connectivity index (χ1) is 10.7. The Morgan fingerprint density at radius 2 is 1.36 bits per heavy atom. The zero-order valence-electron chi connectivity index (χ0n) is 13.5. The summed E-state index contributed by atoms with van der Waals surface area (Å²) in [5, 5.41) is 0. The lowest BCUT2D eigenvalue weighted by Gasteiger charge is -2.15. The van der Waals surface area contributed by atoms with Crippen molar-refractivity contribution in [3.8, 4) is 11.5 Å². The lowest BCUT2D eigenvalue weighted by Crippen LogP contribution is -2.00. The van der Waals surface area contributed by atoms with Gasteiger partial charge in [0.25, 0.3) is 0 Å². The van der Waals surface area contributed by atoms with Crippen LogP contribution in [0.2, 0.25) is 0 Å². The Morgan fingerprint density at radius 1 is 0.818 bits per heavy atom. The summed E-state index contributed by atoms with van der Waals surface area (Å²) >= 11 is 0. The highest BCUT2D eigenvalue weighted by Gasteiger charge is 2.12. The van der Waals surface area contributed by atoms with Gasteiger partial charge in [0, 0.05) is 5.56 Å². The maximum Gasteiger partial charge on any atom is 0.126 e. The number of aryl methyl sites for hydroxylation is 2. The van der Waals surface area contributed by atoms with Crippen molar-refractivity contribution in [1.29, 1.82) is 0 Å². The van der Waals surface area contributed by atoms with Gasteiger partial charge in [-0.25, -0.2) is 4.39 Å². The fraction of sp³-hybridized carbons (Fsp3) is 0.368. The lowest BCUT2D eigenvalue weighted by atomic mass is 10.00. The van der Waals surface area contributed by atoms with Gasteiger partial charge < -0.3 is 9.47 Å². The standard InChI is InChI=1S/C19H23FO2/c1-4-5-17-18(21-2)12-15(13-19(17)22-3)7-6-14-8-10-16(20)11-9-14/h8-13H,4-7H2,1-3H3. The van der Waals surface area contributed by atoms with Crippen LogP contribution in [0.3, 0.4) is 0 Å². The van der Waals surface area contributed by atoms with Gasteiger partial charge in [-0.3, -0.25) is 0 Å². The highest BCUT2D eigenvalue weighted by molar-refractivity contribution is 5.48. The number of ether oxygens (including phenoxy) is 2. The molecule has 0 aliphatic heterocycles. The van der Waals surface area contributed by atoms with E-state index in [-0.39, 0.29) is 5.82 Å². The van der Waals surface area contributed by atoms with Crippen LogP contribution >= 0.6 is 0 Å². The molecule has 2 aromatic rings. The summed E-state index contributed by atoms with van der Waals surface area (Å²) in [5.74, 6) is 1.57. The maximum atomic E-state index is 12.9. The van der Waals surface area contributed by atoms with Crippen LogP contribution in [0.15, 0.2) is 36.4 Å². The van der Waals surface area contributed by atoms with Gasteiger partial charge in [-0.15, -0.1) is 0 Å². The Hall–Kier alpha value is -2.03. The van der Waals surface area contributed by atoms with Crippen LogP contribution in [-0.4, -0.2) is 14.2 Å². The molecule has 0 bridgehead atoms. The van der Waals surface area contributed by atoms with E-state index in [1.54, 1.807) is 14.2 Å². The molecule has 2 aromatic carbocycles. The first-order valence-electron chi connectivity index (χ1n) is 7.66. The van der Waals surface area contributed by atoms with E-state index in [2.05, 4.69) is 19.1 Å². The van der Waals surface area contributed by atoms with Gasteiger partial charge in [-0.2, -0.15) is 0 Å². The molecule has 0 fully saturated rings. The summed E-state index contributed by atoms with van der Waals surface area (Å²) in [7, 11) is 3.38. The SMILES string of the molecule is CCCc1c(OC)cc(CCc2ccc(F)cc2)cc1OC. The summed E-state index contributed by atoms with van der Waals surface area (Å²) < 4.78 is 24.0. The predicted octanol–water partition coefficient (Wildman–Crippen LogP) is 4.58. The van der Waals surface area contributed by atoms with Crippen LogP contribution in [-0.2, 0) is 19.3 Å². The Balaban J connectivity index is 2.18. The topological polar surface area (TPSA) is 18.5 Å². The van der Waals surface area contributed by atoms with Crippen LogP contribution in [0.1, 0.15) is 30.0 Å². The zero-order valence-corrected chi connectivity index (χ0v) is 13.5. The molecule has 0 atom stereocenters. The summed E-state index contributed by atoms with van der Waals surface area (Å²) in [5.41, 5.74) is 3.41. The molecule has 0 radical (unpaired) electrons. The number of hydrogen-bond acceptors (Lipinski definition) is 2. The molecule has 0 aliphatic carbocycles. The van der Waals surface area contributed by atoms with Crippen LogP contribution in [0.25, 0.3) is 0 Å². The fourth-order valence-corrected chi connectivity index (χ4v) is 2.62. The van der Waals surface area contributed by atoms with Crippen LogP contribution in [0.4, 0.5) is 4.39 Å². The van der Waals surface area contributed by atoms with E-state index in [1.807, 2.05) is 12.1 Å². The van der Waals surface area contributed by atoms with Gasteiger partial charge >= 0.3 is 0 Å². The number of methoxy groups -OCH3 is 2. The second-order valence-corrected chi connectivity index (χ2v) is 5.36. The van der Waals surface area contributed by atoms with Crippen molar-refractivity contribution in [2.75, 3.05) is 14.2 Å². The molecule has 22 heavy (non-hydrogen) atoms. The third kappa shape index (κ3) is 4.00. The van der Waals surface area contributed by atoms with Crippen molar-refractivity contribution in [3.63, 3.8) is 0 Å². The fourth-order valence-electron chi connectivity index (χ4n) is 2.62. The Morgan fingerprint density at radius 3 is 1.86 bits per heavy atom. The van der Waals surface area contributed by atoms with Crippen molar-refractivity contribution in [2.24, 2.45) is 0 Å². The monoisotopic (exact) mass is 302 g/mol. The molecule has 0 unspecified atom stereocenters. The first kappa shape index (κ1) is 16.3. The van der Waals surface area contributed by atoms with Gasteiger partial charge in [0.1, 0.15) is 17.3 Å². The zero-order chi connectivity index (χ0) is 15.9. The Labute approximate surface area is 131 Å². The second kappa shape index (κ2) is 7.83. The van der Waals surface area contributed by atoms with Crippen LogP contribution in [0.5, 0.6) is 11.5 Å². The molecule has 0 aromatic heterocycles. The molecule has 0 spiro atoms. The first-order valence-corrected chi connectivity index (χ1v) is 7.66. The lowest BCUT2D eigenvalue weighted by molar-refractivity contribution is 0.384. The molecule has 0 aliphatic rings.